The molecule has 0 saturated carbocycles. The summed E-state index contributed by atoms with van der Waals surface area (Å²) in [6, 6.07) is 0. The van der Waals surface area contributed by atoms with E-state index in [0.29, 0.717) is 17.8 Å². The van der Waals surface area contributed by atoms with Gasteiger partial charge in [0, 0.05) is 0 Å². The van der Waals surface area contributed by atoms with Crippen LogP contribution >= 0.6 is 12.6 Å². The highest BCUT2D eigenvalue weighted by atomic mass is 32.1. The topological polar surface area (TPSA) is 0 Å². The Morgan fingerprint density at radius 3 is 2.07 bits per heavy atom. The molecule has 0 rings (SSSR count). The van der Waals surface area contributed by atoms with Gasteiger partial charge in [-0.1, -0.05) is 52.0 Å². The number of thiol groups is 1. The lowest BCUT2D eigenvalue weighted by atomic mass is 9.93. The smallest absolute Gasteiger partial charge is 0.00304 e. The summed E-state index contributed by atoms with van der Waals surface area (Å²) >= 11 is 4.19. The van der Waals surface area contributed by atoms with E-state index >= 15 is 0 Å². The molecule has 1 unspecified atom stereocenters. The van der Waals surface area contributed by atoms with Crippen LogP contribution in [-0.4, -0.2) is 5.75 Å². The van der Waals surface area contributed by atoms with Crippen LogP contribution in [0.4, 0.5) is 0 Å². The molecule has 0 bridgehead atoms. The minimum Gasteiger partial charge on any atom is -0.179 e. The predicted octanol–water partition coefficient (Wildman–Crippen LogP) is 4.35. The van der Waals surface area contributed by atoms with Crippen LogP contribution in [0.25, 0.3) is 0 Å². The molecule has 0 aromatic carbocycles. The maximum absolute atomic E-state index is 4.19. The van der Waals surface area contributed by atoms with Crippen molar-refractivity contribution in [2.45, 2.75) is 34.1 Å². The molecular weight excluding hydrogens is 188 g/mol. The van der Waals surface area contributed by atoms with Crippen molar-refractivity contribution in [2.24, 2.45) is 17.8 Å². The van der Waals surface area contributed by atoms with Crippen molar-refractivity contribution < 1.29 is 0 Å². The Morgan fingerprint density at radius 2 is 1.64 bits per heavy atom. The molecule has 1 heteroatoms. The average Bonchev–Trinajstić information content (AvgIpc) is 2.10. The molecule has 0 radical (unpaired) electrons. The molecule has 0 aromatic heterocycles. The van der Waals surface area contributed by atoms with Gasteiger partial charge in [0.1, 0.15) is 0 Å². The number of allylic oxidation sites excluding steroid dienone is 4. The summed E-state index contributed by atoms with van der Waals surface area (Å²) in [5.41, 5.74) is 0. The van der Waals surface area contributed by atoms with E-state index in [1.807, 2.05) is 0 Å². The normalized spacial score (nSPS) is 15.1. The molecule has 0 heterocycles. The molecule has 0 fully saturated rings. The first-order chi connectivity index (χ1) is 6.57. The van der Waals surface area contributed by atoms with Gasteiger partial charge in [-0.2, -0.15) is 12.6 Å². The summed E-state index contributed by atoms with van der Waals surface area (Å²) in [4.78, 5) is 0. The van der Waals surface area contributed by atoms with Crippen LogP contribution in [0.1, 0.15) is 34.1 Å². The second-order valence-electron chi connectivity index (χ2n) is 4.39. The van der Waals surface area contributed by atoms with Crippen molar-refractivity contribution in [3.8, 4) is 0 Å². The molecule has 82 valence electrons. The molecule has 14 heavy (non-hydrogen) atoms. The van der Waals surface area contributed by atoms with E-state index in [9.17, 15) is 0 Å². The molecular formula is C13H24S. The molecule has 0 aliphatic heterocycles. The minimum absolute atomic E-state index is 0.581. The fourth-order valence-electron chi connectivity index (χ4n) is 1.19. The SMILES string of the molecule is CC(C)/C=C/C(/C=C/CCS)C(C)C. The van der Waals surface area contributed by atoms with Gasteiger partial charge in [0.25, 0.3) is 0 Å². The summed E-state index contributed by atoms with van der Waals surface area (Å²) in [6.07, 6.45) is 10.2. The zero-order chi connectivity index (χ0) is 11.0. The summed E-state index contributed by atoms with van der Waals surface area (Å²) in [5, 5.41) is 0. The molecule has 1 atom stereocenters. The van der Waals surface area contributed by atoms with Gasteiger partial charge >= 0.3 is 0 Å². The van der Waals surface area contributed by atoms with Crippen molar-refractivity contribution in [3.63, 3.8) is 0 Å². The highest BCUT2D eigenvalue weighted by Gasteiger charge is 2.04. The van der Waals surface area contributed by atoms with Gasteiger partial charge < -0.3 is 0 Å². The number of hydrogen-bond acceptors (Lipinski definition) is 1. The summed E-state index contributed by atoms with van der Waals surface area (Å²) in [7, 11) is 0. The van der Waals surface area contributed by atoms with E-state index in [-0.39, 0.29) is 0 Å². The van der Waals surface area contributed by atoms with Gasteiger partial charge in [-0.15, -0.1) is 0 Å². The Kier molecular flexibility index (Phi) is 8.07. The molecule has 0 nitrogen and oxygen atoms in total. The largest absolute Gasteiger partial charge is 0.179 e. The van der Waals surface area contributed by atoms with Crippen LogP contribution in [0.3, 0.4) is 0 Å². The standard InChI is InChI=1S/C13H24S/c1-11(2)8-9-13(12(3)4)7-5-6-10-14/h5,7-9,11-14H,6,10H2,1-4H3/b7-5+,9-8+. The number of rotatable bonds is 6. The van der Waals surface area contributed by atoms with Crippen LogP contribution in [0, 0.1) is 17.8 Å². The van der Waals surface area contributed by atoms with E-state index in [4.69, 9.17) is 0 Å². The fraction of sp³-hybridized carbons (Fsp3) is 0.692. The Balaban J connectivity index is 4.15. The monoisotopic (exact) mass is 212 g/mol. The highest BCUT2D eigenvalue weighted by molar-refractivity contribution is 7.80. The Bertz CT molecular complexity index is 178. The second-order valence-corrected chi connectivity index (χ2v) is 4.84. The predicted molar refractivity (Wildman–Crippen MR) is 69.9 cm³/mol. The van der Waals surface area contributed by atoms with Crippen LogP contribution in [0.5, 0.6) is 0 Å². The molecule has 0 N–H and O–H groups in total. The van der Waals surface area contributed by atoms with Crippen LogP contribution in [-0.2, 0) is 0 Å². The maximum atomic E-state index is 4.19. The lowest BCUT2D eigenvalue weighted by Gasteiger charge is -2.12. The third-order valence-electron chi connectivity index (χ3n) is 2.14. The van der Waals surface area contributed by atoms with Gasteiger partial charge in [-0.25, -0.2) is 0 Å². The Morgan fingerprint density at radius 1 is 1.00 bits per heavy atom. The van der Waals surface area contributed by atoms with E-state index in [0.717, 1.165) is 12.2 Å². The fourth-order valence-corrected chi connectivity index (χ4v) is 1.34. The number of hydrogen-bond donors (Lipinski definition) is 1. The zero-order valence-electron chi connectivity index (χ0n) is 9.90. The summed E-state index contributed by atoms with van der Waals surface area (Å²) in [5.74, 6) is 2.85. The Labute approximate surface area is 94.9 Å². The van der Waals surface area contributed by atoms with Crippen molar-refractivity contribution in [3.05, 3.63) is 24.3 Å². The van der Waals surface area contributed by atoms with Crippen molar-refractivity contribution in [2.75, 3.05) is 5.75 Å². The van der Waals surface area contributed by atoms with Gasteiger partial charge in [0.15, 0.2) is 0 Å². The van der Waals surface area contributed by atoms with E-state index in [1.54, 1.807) is 0 Å². The third-order valence-corrected chi connectivity index (χ3v) is 2.40. The average molecular weight is 212 g/mol. The minimum atomic E-state index is 0.581. The Hall–Kier alpha value is -0.170. The van der Waals surface area contributed by atoms with Crippen molar-refractivity contribution >= 4 is 12.6 Å². The lowest BCUT2D eigenvalue weighted by molar-refractivity contribution is 0.546. The summed E-state index contributed by atoms with van der Waals surface area (Å²) in [6.45, 7) is 8.96. The quantitative estimate of drug-likeness (QED) is 0.491. The van der Waals surface area contributed by atoms with Crippen LogP contribution in [0.2, 0.25) is 0 Å². The second kappa shape index (κ2) is 8.16. The zero-order valence-corrected chi connectivity index (χ0v) is 10.8. The van der Waals surface area contributed by atoms with E-state index in [2.05, 4.69) is 64.6 Å². The molecule has 0 aliphatic rings. The van der Waals surface area contributed by atoms with Gasteiger partial charge in [-0.05, 0) is 29.9 Å². The molecule has 0 aromatic rings. The molecule has 0 saturated heterocycles. The molecule has 0 aliphatic carbocycles. The molecule has 0 spiro atoms. The van der Waals surface area contributed by atoms with Gasteiger partial charge in [0.2, 0.25) is 0 Å². The van der Waals surface area contributed by atoms with Gasteiger partial charge in [-0.3, -0.25) is 0 Å². The van der Waals surface area contributed by atoms with E-state index in [1.165, 1.54) is 0 Å². The van der Waals surface area contributed by atoms with Gasteiger partial charge in [0.05, 0.1) is 0 Å². The first kappa shape index (κ1) is 13.8. The first-order valence-electron chi connectivity index (χ1n) is 5.53. The molecule has 0 amide bonds. The van der Waals surface area contributed by atoms with Crippen molar-refractivity contribution in [1.29, 1.82) is 0 Å². The first-order valence-corrected chi connectivity index (χ1v) is 6.17. The van der Waals surface area contributed by atoms with Crippen LogP contribution in [0.15, 0.2) is 24.3 Å². The van der Waals surface area contributed by atoms with E-state index < -0.39 is 0 Å². The highest BCUT2D eigenvalue weighted by Crippen LogP contribution is 2.15. The van der Waals surface area contributed by atoms with Crippen LogP contribution < -0.4 is 0 Å². The summed E-state index contributed by atoms with van der Waals surface area (Å²) < 4.78 is 0. The maximum Gasteiger partial charge on any atom is -0.00304 e. The third kappa shape index (κ3) is 7.25. The van der Waals surface area contributed by atoms with Crippen molar-refractivity contribution in [1.82, 2.24) is 0 Å². The lowest BCUT2D eigenvalue weighted by Crippen LogP contribution is -2.02.